The minimum absolute atomic E-state index is 0.166. The van der Waals surface area contributed by atoms with Crippen LogP contribution in [0.4, 0.5) is 0 Å². The summed E-state index contributed by atoms with van der Waals surface area (Å²) in [4.78, 5) is 0. The molecule has 1 atom stereocenters. The summed E-state index contributed by atoms with van der Waals surface area (Å²) in [6, 6.07) is 2.87. The Labute approximate surface area is 93.6 Å². The van der Waals surface area contributed by atoms with Gasteiger partial charge in [-0.05, 0) is 6.07 Å². The number of hydrogen-bond donors (Lipinski definition) is 2. The molecule has 1 aromatic carbocycles. The molecule has 1 aromatic rings. The molecule has 4 nitrogen and oxygen atoms in total. The molecule has 84 valence electrons. The van der Waals surface area contributed by atoms with Gasteiger partial charge in [0.1, 0.15) is 0 Å². The number of halogens is 1. The van der Waals surface area contributed by atoms with Crippen molar-refractivity contribution in [3.63, 3.8) is 0 Å². The lowest BCUT2D eigenvalue weighted by molar-refractivity contribution is 0.263. The maximum atomic E-state index is 8.99. The van der Waals surface area contributed by atoms with Gasteiger partial charge in [0.15, 0.2) is 11.5 Å². The predicted octanol–water partition coefficient (Wildman–Crippen LogP) is 1.35. The molecule has 0 amide bonds. The number of aliphatic hydroxyl groups excluding tert-OH is 1. The molecule has 3 N–H and O–H groups in total. The molecule has 0 spiro atoms. The molecular formula is C10H14ClNO3. The zero-order chi connectivity index (χ0) is 11.4. The third kappa shape index (κ3) is 2.34. The number of methoxy groups -OCH3 is 2. The van der Waals surface area contributed by atoms with Gasteiger partial charge in [0.2, 0.25) is 0 Å². The van der Waals surface area contributed by atoms with Crippen LogP contribution in [-0.4, -0.2) is 25.9 Å². The fourth-order valence-corrected chi connectivity index (χ4v) is 1.57. The zero-order valence-corrected chi connectivity index (χ0v) is 9.41. The Morgan fingerprint density at radius 2 is 1.93 bits per heavy atom. The maximum absolute atomic E-state index is 8.99. The highest BCUT2D eigenvalue weighted by Gasteiger charge is 2.17. The van der Waals surface area contributed by atoms with Crippen LogP contribution in [0.15, 0.2) is 12.1 Å². The molecule has 0 radical (unpaired) electrons. The topological polar surface area (TPSA) is 64.7 Å². The molecule has 1 unspecified atom stereocenters. The first-order valence-corrected chi connectivity index (χ1v) is 4.80. The van der Waals surface area contributed by atoms with E-state index in [1.165, 1.54) is 14.2 Å². The highest BCUT2D eigenvalue weighted by Crippen LogP contribution is 2.39. The lowest BCUT2D eigenvalue weighted by Gasteiger charge is -2.17. The van der Waals surface area contributed by atoms with Crippen molar-refractivity contribution in [1.29, 1.82) is 0 Å². The third-order valence-corrected chi connectivity index (χ3v) is 2.40. The summed E-state index contributed by atoms with van der Waals surface area (Å²) in [6.07, 6.45) is 0. The van der Waals surface area contributed by atoms with Gasteiger partial charge >= 0.3 is 0 Å². The Hall–Kier alpha value is -0.970. The van der Waals surface area contributed by atoms with Gasteiger partial charge in [-0.1, -0.05) is 17.7 Å². The average Bonchev–Trinajstić information content (AvgIpc) is 2.27. The molecule has 0 fully saturated rings. The molecule has 5 heteroatoms. The van der Waals surface area contributed by atoms with E-state index >= 15 is 0 Å². The highest BCUT2D eigenvalue weighted by atomic mass is 35.5. The molecule has 0 aliphatic carbocycles. The number of hydrogen-bond acceptors (Lipinski definition) is 4. The van der Waals surface area contributed by atoms with Crippen LogP contribution in [0.25, 0.3) is 0 Å². The van der Waals surface area contributed by atoms with E-state index in [0.717, 1.165) is 0 Å². The Balaban J connectivity index is 3.28. The number of aliphatic hydroxyl groups is 1. The van der Waals surface area contributed by atoms with Crippen molar-refractivity contribution < 1.29 is 14.6 Å². The molecule has 15 heavy (non-hydrogen) atoms. The van der Waals surface area contributed by atoms with Gasteiger partial charge in [-0.25, -0.2) is 0 Å². The van der Waals surface area contributed by atoms with Crippen molar-refractivity contribution >= 4 is 11.6 Å². The van der Waals surface area contributed by atoms with Crippen LogP contribution in [0.5, 0.6) is 11.5 Å². The largest absolute Gasteiger partial charge is 0.492 e. The summed E-state index contributed by atoms with van der Waals surface area (Å²) in [6.45, 7) is -0.166. The van der Waals surface area contributed by atoms with Gasteiger partial charge in [0, 0.05) is 5.56 Å². The Morgan fingerprint density at radius 3 is 2.40 bits per heavy atom. The molecule has 0 saturated carbocycles. The van der Waals surface area contributed by atoms with Gasteiger partial charge < -0.3 is 20.3 Å². The molecular weight excluding hydrogens is 218 g/mol. The first-order valence-electron chi connectivity index (χ1n) is 4.42. The monoisotopic (exact) mass is 231 g/mol. The Kier molecular flexibility index (Phi) is 4.20. The second-order valence-corrected chi connectivity index (χ2v) is 3.40. The lowest BCUT2D eigenvalue weighted by Crippen LogP contribution is -2.15. The van der Waals surface area contributed by atoms with Gasteiger partial charge in [0.05, 0.1) is 31.9 Å². The quantitative estimate of drug-likeness (QED) is 0.821. The van der Waals surface area contributed by atoms with Crippen molar-refractivity contribution in [3.8, 4) is 11.5 Å². The van der Waals surface area contributed by atoms with E-state index in [9.17, 15) is 0 Å². The van der Waals surface area contributed by atoms with Gasteiger partial charge in [-0.2, -0.15) is 0 Å². The predicted molar refractivity (Wildman–Crippen MR) is 58.6 cm³/mol. The van der Waals surface area contributed by atoms with E-state index in [4.69, 9.17) is 31.9 Å². The van der Waals surface area contributed by atoms with Gasteiger partial charge in [0.25, 0.3) is 0 Å². The van der Waals surface area contributed by atoms with E-state index < -0.39 is 6.04 Å². The number of benzene rings is 1. The van der Waals surface area contributed by atoms with E-state index in [2.05, 4.69) is 0 Å². The second kappa shape index (κ2) is 5.21. The second-order valence-electron chi connectivity index (χ2n) is 2.99. The lowest BCUT2D eigenvalue weighted by atomic mass is 10.1. The Morgan fingerprint density at radius 1 is 1.33 bits per heavy atom. The van der Waals surface area contributed by atoms with Gasteiger partial charge in [-0.3, -0.25) is 0 Å². The number of ether oxygens (including phenoxy) is 2. The van der Waals surface area contributed by atoms with Crippen molar-refractivity contribution in [2.75, 3.05) is 20.8 Å². The van der Waals surface area contributed by atoms with Crippen LogP contribution >= 0.6 is 11.6 Å². The average molecular weight is 232 g/mol. The normalized spacial score (nSPS) is 12.3. The maximum Gasteiger partial charge on any atom is 0.179 e. The fraction of sp³-hybridized carbons (Fsp3) is 0.400. The first kappa shape index (κ1) is 12.1. The highest BCUT2D eigenvalue weighted by molar-refractivity contribution is 6.32. The minimum atomic E-state index is -0.508. The first-order chi connectivity index (χ1) is 7.15. The van der Waals surface area contributed by atoms with Crippen molar-refractivity contribution in [2.45, 2.75) is 6.04 Å². The molecule has 0 aromatic heterocycles. The smallest absolute Gasteiger partial charge is 0.179 e. The van der Waals surface area contributed by atoms with Gasteiger partial charge in [-0.15, -0.1) is 0 Å². The Bertz CT molecular complexity index is 344. The van der Waals surface area contributed by atoms with E-state index in [0.29, 0.717) is 22.1 Å². The summed E-state index contributed by atoms with van der Waals surface area (Å²) in [5.41, 5.74) is 6.38. The van der Waals surface area contributed by atoms with E-state index in [-0.39, 0.29) is 6.61 Å². The number of rotatable bonds is 4. The van der Waals surface area contributed by atoms with E-state index in [1.807, 2.05) is 0 Å². The summed E-state index contributed by atoms with van der Waals surface area (Å²) < 4.78 is 10.3. The SMILES string of the molecule is COc1c(Cl)ccc(C(N)CO)c1OC. The summed E-state index contributed by atoms with van der Waals surface area (Å²) in [7, 11) is 3.00. The van der Waals surface area contributed by atoms with Crippen LogP contribution in [-0.2, 0) is 0 Å². The van der Waals surface area contributed by atoms with Crippen LogP contribution in [0.2, 0.25) is 5.02 Å². The molecule has 0 bridgehead atoms. The zero-order valence-electron chi connectivity index (χ0n) is 8.66. The van der Waals surface area contributed by atoms with Crippen molar-refractivity contribution in [2.24, 2.45) is 5.73 Å². The number of nitrogens with two attached hydrogens (primary N) is 1. The summed E-state index contributed by atoms with van der Waals surface area (Å²) in [5, 5.41) is 9.43. The standard InChI is InChI=1S/C10H14ClNO3/c1-14-9-6(8(12)5-13)3-4-7(11)10(9)15-2/h3-4,8,13H,5,12H2,1-2H3. The fourth-order valence-electron chi connectivity index (χ4n) is 1.34. The van der Waals surface area contributed by atoms with Crippen LogP contribution < -0.4 is 15.2 Å². The molecule has 0 aliphatic heterocycles. The summed E-state index contributed by atoms with van der Waals surface area (Å²) in [5.74, 6) is 0.895. The van der Waals surface area contributed by atoms with Crippen molar-refractivity contribution in [1.82, 2.24) is 0 Å². The van der Waals surface area contributed by atoms with Crippen molar-refractivity contribution in [3.05, 3.63) is 22.7 Å². The van der Waals surface area contributed by atoms with Crippen LogP contribution in [0.1, 0.15) is 11.6 Å². The van der Waals surface area contributed by atoms with E-state index in [1.54, 1.807) is 12.1 Å². The molecule has 0 aliphatic rings. The minimum Gasteiger partial charge on any atom is -0.492 e. The van der Waals surface area contributed by atoms with Crippen LogP contribution in [0, 0.1) is 0 Å². The third-order valence-electron chi connectivity index (χ3n) is 2.10. The molecule has 0 heterocycles. The molecule has 0 saturated heterocycles. The molecule has 1 rings (SSSR count). The van der Waals surface area contributed by atoms with Crippen LogP contribution in [0.3, 0.4) is 0 Å². The summed E-state index contributed by atoms with van der Waals surface area (Å²) >= 11 is 5.92.